The minimum absolute atomic E-state index is 0.101. The number of ether oxygens (including phenoxy) is 2. The molecule has 2 heterocycles. The van der Waals surface area contributed by atoms with Crippen LogP contribution in [-0.4, -0.2) is 33.2 Å². The SMILES string of the molecule is C=CCn1c(SCC(=O)Nc2ccc3c(c2)OCO3)nnc1C1CCCCC1. The lowest BCUT2D eigenvalue weighted by molar-refractivity contribution is -0.113. The molecule has 0 saturated heterocycles. The molecule has 148 valence electrons. The first-order valence-corrected chi connectivity index (χ1v) is 10.6. The van der Waals surface area contributed by atoms with Gasteiger partial charge in [-0.15, -0.1) is 16.8 Å². The summed E-state index contributed by atoms with van der Waals surface area (Å²) in [6.45, 7) is 4.73. The van der Waals surface area contributed by atoms with Gasteiger partial charge in [0.05, 0.1) is 5.75 Å². The van der Waals surface area contributed by atoms with Crippen LogP contribution in [0.25, 0.3) is 0 Å². The fourth-order valence-electron chi connectivity index (χ4n) is 3.67. The van der Waals surface area contributed by atoms with E-state index in [1.807, 2.05) is 6.08 Å². The number of hydrogen-bond acceptors (Lipinski definition) is 6. The predicted molar refractivity (Wildman–Crippen MR) is 108 cm³/mol. The van der Waals surface area contributed by atoms with Crippen LogP contribution in [0.1, 0.15) is 43.8 Å². The molecule has 1 aliphatic heterocycles. The summed E-state index contributed by atoms with van der Waals surface area (Å²) in [5.41, 5.74) is 0.685. The van der Waals surface area contributed by atoms with Crippen LogP contribution in [-0.2, 0) is 11.3 Å². The molecule has 7 nitrogen and oxygen atoms in total. The van der Waals surface area contributed by atoms with E-state index in [1.54, 1.807) is 18.2 Å². The molecule has 28 heavy (non-hydrogen) atoms. The van der Waals surface area contributed by atoms with E-state index in [0.29, 0.717) is 29.6 Å². The topological polar surface area (TPSA) is 78.3 Å². The average Bonchev–Trinajstić information content (AvgIpc) is 3.34. The van der Waals surface area contributed by atoms with Crippen molar-refractivity contribution >= 4 is 23.4 Å². The maximum atomic E-state index is 12.4. The van der Waals surface area contributed by atoms with E-state index in [9.17, 15) is 4.79 Å². The lowest BCUT2D eigenvalue weighted by atomic mass is 9.89. The smallest absolute Gasteiger partial charge is 0.234 e. The van der Waals surface area contributed by atoms with Crippen LogP contribution in [0.15, 0.2) is 36.0 Å². The van der Waals surface area contributed by atoms with Gasteiger partial charge in [-0.05, 0) is 25.0 Å². The van der Waals surface area contributed by atoms with Gasteiger partial charge in [-0.3, -0.25) is 4.79 Å². The van der Waals surface area contributed by atoms with Gasteiger partial charge >= 0.3 is 0 Å². The number of carbonyl (C=O) groups excluding carboxylic acids is 1. The van der Waals surface area contributed by atoms with Gasteiger partial charge in [0.2, 0.25) is 12.7 Å². The molecule has 1 saturated carbocycles. The fraction of sp³-hybridized carbons (Fsp3) is 0.450. The van der Waals surface area contributed by atoms with E-state index in [0.717, 1.165) is 23.8 Å². The summed E-state index contributed by atoms with van der Waals surface area (Å²) in [6, 6.07) is 5.37. The second-order valence-corrected chi connectivity index (χ2v) is 7.92. The van der Waals surface area contributed by atoms with Gasteiger partial charge in [-0.25, -0.2) is 0 Å². The molecule has 0 atom stereocenters. The third kappa shape index (κ3) is 4.16. The Balaban J connectivity index is 1.39. The van der Waals surface area contributed by atoms with E-state index < -0.39 is 0 Å². The Kier molecular flexibility index (Phi) is 5.85. The fourth-order valence-corrected chi connectivity index (χ4v) is 4.43. The van der Waals surface area contributed by atoms with Crippen molar-refractivity contribution in [1.82, 2.24) is 14.8 Å². The van der Waals surface area contributed by atoms with Gasteiger partial charge in [0.1, 0.15) is 5.82 Å². The maximum Gasteiger partial charge on any atom is 0.234 e. The van der Waals surface area contributed by atoms with Crippen LogP contribution in [0.3, 0.4) is 0 Å². The Labute approximate surface area is 168 Å². The van der Waals surface area contributed by atoms with Crippen molar-refractivity contribution in [2.24, 2.45) is 0 Å². The predicted octanol–water partition coefficient (Wildman–Crippen LogP) is 3.97. The molecule has 1 aliphatic carbocycles. The van der Waals surface area contributed by atoms with Gasteiger partial charge in [-0.1, -0.05) is 37.1 Å². The van der Waals surface area contributed by atoms with Crippen molar-refractivity contribution in [1.29, 1.82) is 0 Å². The van der Waals surface area contributed by atoms with Crippen molar-refractivity contribution in [3.63, 3.8) is 0 Å². The lowest BCUT2D eigenvalue weighted by Crippen LogP contribution is -2.15. The summed E-state index contributed by atoms with van der Waals surface area (Å²) < 4.78 is 12.7. The first-order valence-electron chi connectivity index (χ1n) is 9.61. The van der Waals surface area contributed by atoms with E-state index >= 15 is 0 Å². The van der Waals surface area contributed by atoms with Gasteiger partial charge in [0.15, 0.2) is 16.7 Å². The Hall–Kier alpha value is -2.48. The number of aromatic nitrogens is 3. The van der Waals surface area contributed by atoms with Crippen LogP contribution in [0.4, 0.5) is 5.69 Å². The van der Waals surface area contributed by atoms with E-state index in [-0.39, 0.29) is 18.5 Å². The summed E-state index contributed by atoms with van der Waals surface area (Å²) in [6.07, 6.45) is 7.95. The number of rotatable bonds is 7. The van der Waals surface area contributed by atoms with Crippen LogP contribution in [0.5, 0.6) is 11.5 Å². The molecule has 0 bridgehead atoms. The molecule has 8 heteroatoms. The zero-order valence-electron chi connectivity index (χ0n) is 15.7. The molecule has 1 aromatic carbocycles. The molecular weight excluding hydrogens is 376 g/mol. The van der Waals surface area contributed by atoms with Crippen molar-refractivity contribution in [2.75, 3.05) is 17.9 Å². The minimum atomic E-state index is -0.101. The van der Waals surface area contributed by atoms with Gasteiger partial charge in [0, 0.05) is 24.2 Å². The molecule has 1 fully saturated rings. The molecule has 0 spiro atoms. The largest absolute Gasteiger partial charge is 0.454 e. The van der Waals surface area contributed by atoms with Gasteiger partial charge in [-0.2, -0.15) is 0 Å². The highest BCUT2D eigenvalue weighted by Crippen LogP contribution is 2.35. The number of amides is 1. The number of nitrogens with zero attached hydrogens (tertiary/aromatic N) is 3. The van der Waals surface area contributed by atoms with Crippen molar-refractivity contribution in [3.05, 3.63) is 36.7 Å². The average molecular weight is 401 g/mol. The lowest BCUT2D eigenvalue weighted by Gasteiger charge is -2.21. The number of fused-ring (bicyclic) bond motifs is 1. The molecule has 4 rings (SSSR count). The van der Waals surface area contributed by atoms with Crippen molar-refractivity contribution in [2.45, 2.75) is 49.7 Å². The summed E-state index contributed by atoms with van der Waals surface area (Å²) in [4.78, 5) is 12.4. The summed E-state index contributed by atoms with van der Waals surface area (Å²) in [5, 5.41) is 12.4. The zero-order valence-corrected chi connectivity index (χ0v) is 16.5. The second kappa shape index (κ2) is 8.68. The van der Waals surface area contributed by atoms with E-state index in [4.69, 9.17) is 9.47 Å². The number of anilines is 1. The Morgan fingerprint density at radius 2 is 2.07 bits per heavy atom. The Morgan fingerprint density at radius 3 is 2.89 bits per heavy atom. The van der Waals surface area contributed by atoms with Crippen LogP contribution in [0, 0.1) is 0 Å². The first-order chi connectivity index (χ1) is 13.7. The Morgan fingerprint density at radius 1 is 1.25 bits per heavy atom. The van der Waals surface area contributed by atoms with Crippen LogP contribution < -0.4 is 14.8 Å². The summed E-state index contributed by atoms with van der Waals surface area (Å²) >= 11 is 1.40. The third-order valence-corrected chi connectivity index (χ3v) is 5.98. The number of nitrogens with one attached hydrogen (secondary N) is 1. The summed E-state index contributed by atoms with van der Waals surface area (Å²) in [7, 11) is 0. The van der Waals surface area contributed by atoms with Crippen LogP contribution >= 0.6 is 11.8 Å². The highest BCUT2D eigenvalue weighted by atomic mass is 32.2. The molecule has 1 amide bonds. The molecular formula is C20H24N4O3S. The minimum Gasteiger partial charge on any atom is -0.454 e. The number of allylic oxidation sites excluding steroid dienone is 1. The monoisotopic (exact) mass is 400 g/mol. The normalized spacial score (nSPS) is 16.1. The second-order valence-electron chi connectivity index (χ2n) is 6.98. The molecule has 1 N–H and O–H groups in total. The number of carbonyl (C=O) groups is 1. The van der Waals surface area contributed by atoms with Crippen LogP contribution in [0.2, 0.25) is 0 Å². The standard InChI is InChI=1S/C20H24N4O3S/c1-2-10-24-19(14-6-4-3-5-7-14)22-23-20(24)28-12-18(25)21-15-8-9-16-17(11-15)27-13-26-16/h2,8-9,11,14H,1,3-7,10,12-13H2,(H,21,25). The number of thioether (sulfide) groups is 1. The van der Waals surface area contributed by atoms with Gasteiger partial charge in [0.25, 0.3) is 0 Å². The molecule has 2 aromatic rings. The van der Waals surface area contributed by atoms with Crippen molar-refractivity contribution < 1.29 is 14.3 Å². The molecule has 0 radical (unpaired) electrons. The van der Waals surface area contributed by atoms with E-state index in [1.165, 1.54) is 31.0 Å². The molecule has 2 aliphatic rings. The first kappa shape index (κ1) is 18.9. The Bertz CT molecular complexity index is 861. The highest BCUT2D eigenvalue weighted by molar-refractivity contribution is 7.99. The van der Waals surface area contributed by atoms with E-state index in [2.05, 4.69) is 26.7 Å². The maximum absolute atomic E-state index is 12.4. The molecule has 0 unspecified atom stereocenters. The zero-order chi connectivity index (χ0) is 19.3. The number of benzene rings is 1. The number of hydrogen-bond donors (Lipinski definition) is 1. The highest BCUT2D eigenvalue weighted by Gasteiger charge is 2.23. The molecule has 1 aromatic heterocycles. The van der Waals surface area contributed by atoms with Gasteiger partial charge < -0.3 is 19.4 Å². The summed E-state index contributed by atoms with van der Waals surface area (Å²) in [5.74, 6) is 2.98. The quantitative estimate of drug-likeness (QED) is 0.560. The third-order valence-electron chi connectivity index (χ3n) is 5.02. The van der Waals surface area contributed by atoms with Crippen molar-refractivity contribution in [3.8, 4) is 11.5 Å².